The number of halogens is 2. The van der Waals surface area contributed by atoms with Gasteiger partial charge in [-0.15, -0.1) is 0 Å². The summed E-state index contributed by atoms with van der Waals surface area (Å²) < 4.78 is 6.05. The Morgan fingerprint density at radius 1 is 1.18 bits per heavy atom. The molecule has 1 aromatic heterocycles. The molecule has 4 rings (SSSR count). The third-order valence-electron chi connectivity index (χ3n) is 6.02. The molecule has 1 unspecified atom stereocenters. The summed E-state index contributed by atoms with van der Waals surface area (Å²) in [5.41, 5.74) is 15.1. The van der Waals surface area contributed by atoms with E-state index in [2.05, 4.69) is 14.9 Å². The molecule has 1 aliphatic heterocycles. The van der Waals surface area contributed by atoms with Crippen LogP contribution in [0.3, 0.4) is 0 Å². The smallest absolute Gasteiger partial charge is 0.258 e. The quantitative estimate of drug-likeness (QED) is 0.455. The molecule has 2 aromatic carbocycles. The summed E-state index contributed by atoms with van der Waals surface area (Å²) in [7, 11) is 0. The Bertz CT molecular complexity index is 1180. The normalized spacial score (nSPS) is 14.8. The average Bonchev–Trinajstić information content (AvgIpc) is 3.32. The Kier molecular flexibility index (Phi) is 7.56. The van der Waals surface area contributed by atoms with Crippen LogP contribution in [-0.4, -0.2) is 40.4 Å². The number of amides is 1. The van der Waals surface area contributed by atoms with E-state index in [-0.39, 0.29) is 11.7 Å². The minimum atomic E-state index is -0.500. The van der Waals surface area contributed by atoms with Crippen molar-refractivity contribution in [2.45, 2.75) is 32.3 Å². The van der Waals surface area contributed by atoms with Crippen molar-refractivity contribution in [3.05, 3.63) is 69.3 Å². The van der Waals surface area contributed by atoms with Crippen LogP contribution in [0.1, 0.15) is 47.4 Å². The van der Waals surface area contributed by atoms with Crippen LogP contribution >= 0.6 is 23.2 Å². The predicted molar refractivity (Wildman–Crippen MR) is 135 cm³/mol. The lowest BCUT2D eigenvalue weighted by molar-refractivity contribution is 0.1000. The van der Waals surface area contributed by atoms with Crippen molar-refractivity contribution in [3.63, 3.8) is 0 Å². The Balaban J connectivity index is 1.65. The molecule has 0 saturated carbocycles. The largest absolute Gasteiger partial charge is 0.467 e. The van der Waals surface area contributed by atoms with E-state index in [1.165, 1.54) is 12.8 Å². The number of hydrogen-bond donors (Lipinski definition) is 2. The topological polar surface area (TPSA) is 107 Å². The molecule has 1 amide bonds. The van der Waals surface area contributed by atoms with Gasteiger partial charge in [-0.2, -0.15) is 0 Å². The average molecular weight is 500 g/mol. The molecule has 2 heterocycles. The molecule has 9 heteroatoms. The van der Waals surface area contributed by atoms with E-state index in [1.54, 1.807) is 30.5 Å². The summed E-state index contributed by atoms with van der Waals surface area (Å²) in [6.45, 7) is 4.90. The van der Waals surface area contributed by atoms with Crippen molar-refractivity contribution >= 4 is 34.9 Å². The molecule has 178 valence electrons. The van der Waals surface area contributed by atoms with Gasteiger partial charge in [-0.3, -0.25) is 4.79 Å². The zero-order valence-corrected chi connectivity index (χ0v) is 20.4. The molecular formula is C25H27Cl2N5O2. The van der Waals surface area contributed by atoms with E-state index in [0.29, 0.717) is 26.9 Å². The van der Waals surface area contributed by atoms with Crippen molar-refractivity contribution in [2.24, 2.45) is 5.73 Å². The van der Waals surface area contributed by atoms with E-state index in [0.717, 1.165) is 37.2 Å². The fourth-order valence-corrected chi connectivity index (χ4v) is 4.92. The molecule has 7 nitrogen and oxygen atoms in total. The number of anilines is 1. The Labute approximate surface area is 209 Å². The minimum Gasteiger partial charge on any atom is -0.467 e. The highest BCUT2D eigenvalue weighted by Crippen LogP contribution is 2.35. The Hall–Kier alpha value is -2.87. The highest BCUT2D eigenvalue weighted by Gasteiger charge is 2.20. The number of hydrogen-bond acceptors (Lipinski definition) is 6. The molecule has 1 aliphatic rings. The maximum atomic E-state index is 11.8. The van der Waals surface area contributed by atoms with Crippen molar-refractivity contribution in [1.29, 1.82) is 0 Å². The van der Waals surface area contributed by atoms with Crippen LogP contribution in [0, 0.1) is 0 Å². The number of nitrogens with zero attached hydrogens (tertiary/aromatic N) is 3. The van der Waals surface area contributed by atoms with Gasteiger partial charge in [-0.25, -0.2) is 9.97 Å². The number of primary amides is 1. The monoisotopic (exact) mass is 499 g/mol. The van der Waals surface area contributed by atoms with Crippen molar-refractivity contribution in [3.8, 4) is 17.1 Å². The summed E-state index contributed by atoms with van der Waals surface area (Å²) >= 11 is 12.7. The van der Waals surface area contributed by atoms with Crippen LogP contribution in [0.4, 0.5) is 5.82 Å². The lowest BCUT2D eigenvalue weighted by atomic mass is 9.98. The van der Waals surface area contributed by atoms with Crippen LogP contribution in [0.2, 0.25) is 10.0 Å². The number of rotatable bonds is 8. The van der Waals surface area contributed by atoms with E-state index >= 15 is 0 Å². The Morgan fingerprint density at radius 2 is 1.88 bits per heavy atom. The van der Waals surface area contributed by atoms with Gasteiger partial charge in [0.2, 0.25) is 5.91 Å². The summed E-state index contributed by atoms with van der Waals surface area (Å²) in [6.07, 6.45) is 4.29. The standard InChI is InChI=1S/C25H27Cl2N5O2/c1-15(22-19(26)5-4-6-20(22)27)34-25-23(28)30-14-21(31-25)18-8-7-17(24(29)33)13-16(18)9-12-32-10-2-3-11-32/h4-8,13-15H,2-3,9-12H2,1H3,(H2,28,30)(H2,29,33). The van der Waals surface area contributed by atoms with Crippen LogP contribution in [0.25, 0.3) is 11.3 Å². The molecule has 4 N–H and O–H groups in total. The van der Waals surface area contributed by atoms with Crippen LogP contribution in [-0.2, 0) is 6.42 Å². The predicted octanol–water partition coefficient (Wildman–Crippen LogP) is 4.91. The number of carbonyl (C=O) groups is 1. The van der Waals surface area contributed by atoms with Crippen LogP contribution < -0.4 is 16.2 Å². The van der Waals surface area contributed by atoms with E-state index in [9.17, 15) is 4.79 Å². The second kappa shape index (κ2) is 10.6. The molecule has 3 aromatic rings. The second-order valence-electron chi connectivity index (χ2n) is 8.38. The number of carbonyl (C=O) groups excluding carboxylic acids is 1. The highest BCUT2D eigenvalue weighted by molar-refractivity contribution is 6.36. The van der Waals surface area contributed by atoms with E-state index in [1.807, 2.05) is 19.1 Å². The lowest BCUT2D eigenvalue weighted by Crippen LogP contribution is -2.22. The number of likely N-dealkylation sites (tertiary alicyclic amines) is 1. The van der Waals surface area contributed by atoms with Crippen molar-refractivity contribution in [2.75, 3.05) is 25.4 Å². The van der Waals surface area contributed by atoms with Crippen LogP contribution in [0.15, 0.2) is 42.6 Å². The summed E-state index contributed by atoms with van der Waals surface area (Å²) in [5, 5.41) is 0.989. The fourth-order valence-electron chi connectivity index (χ4n) is 4.21. The van der Waals surface area contributed by atoms with Gasteiger partial charge in [-0.05, 0) is 69.1 Å². The van der Waals surface area contributed by atoms with Gasteiger partial charge in [0.1, 0.15) is 6.10 Å². The van der Waals surface area contributed by atoms with Crippen molar-refractivity contribution in [1.82, 2.24) is 14.9 Å². The third kappa shape index (κ3) is 5.43. The summed E-state index contributed by atoms with van der Waals surface area (Å²) in [5.74, 6) is -0.122. The molecule has 1 saturated heterocycles. The molecule has 1 atom stereocenters. The minimum absolute atomic E-state index is 0.158. The van der Waals surface area contributed by atoms with Crippen LogP contribution in [0.5, 0.6) is 5.88 Å². The SMILES string of the molecule is CC(Oc1nc(-c2ccc(C(N)=O)cc2CCN2CCCC2)cnc1N)c1c(Cl)cccc1Cl. The zero-order valence-electron chi connectivity index (χ0n) is 18.9. The fraction of sp³-hybridized carbons (Fsp3) is 0.320. The maximum absolute atomic E-state index is 11.8. The number of aromatic nitrogens is 2. The lowest BCUT2D eigenvalue weighted by Gasteiger charge is -2.19. The molecule has 0 spiro atoms. The maximum Gasteiger partial charge on any atom is 0.258 e. The van der Waals surface area contributed by atoms with Gasteiger partial charge in [0, 0.05) is 33.3 Å². The summed E-state index contributed by atoms with van der Waals surface area (Å²) in [6, 6.07) is 10.6. The number of ether oxygens (including phenoxy) is 1. The van der Waals surface area contributed by atoms with Gasteiger partial charge < -0.3 is 21.1 Å². The molecular weight excluding hydrogens is 473 g/mol. The zero-order chi connectivity index (χ0) is 24.2. The first-order chi connectivity index (χ1) is 16.3. The number of nitrogen functional groups attached to an aromatic ring is 1. The molecule has 1 fully saturated rings. The van der Waals surface area contributed by atoms with Gasteiger partial charge in [0.25, 0.3) is 5.88 Å². The van der Waals surface area contributed by atoms with Gasteiger partial charge in [0.05, 0.1) is 11.9 Å². The summed E-state index contributed by atoms with van der Waals surface area (Å²) in [4.78, 5) is 23.2. The van der Waals surface area contributed by atoms with Gasteiger partial charge in [0.15, 0.2) is 5.82 Å². The first kappa shape index (κ1) is 24.3. The van der Waals surface area contributed by atoms with Gasteiger partial charge >= 0.3 is 0 Å². The molecule has 0 aliphatic carbocycles. The van der Waals surface area contributed by atoms with E-state index in [4.69, 9.17) is 39.4 Å². The first-order valence-electron chi connectivity index (χ1n) is 11.2. The molecule has 34 heavy (non-hydrogen) atoms. The number of nitrogens with two attached hydrogens (primary N) is 2. The second-order valence-corrected chi connectivity index (χ2v) is 9.19. The molecule has 0 bridgehead atoms. The van der Waals surface area contributed by atoms with Gasteiger partial charge in [-0.1, -0.05) is 35.3 Å². The Morgan fingerprint density at radius 3 is 2.56 bits per heavy atom. The number of benzene rings is 2. The first-order valence-corrected chi connectivity index (χ1v) is 12.0. The van der Waals surface area contributed by atoms with E-state index < -0.39 is 12.0 Å². The third-order valence-corrected chi connectivity index (χ3v) is 6.68. The highest BCUT2D eigenvalue weighted by atomic mass is 35.5. The van der Waals surface area contributed by atoms with Crippen molar-refractivity contribution < 1.29 is 9.53 Å². The molecule has 0 radical (unpaired) electrons.